The fraction of sp³-hybridized carbons (Fsp3) is 0.545. The van der Waals surface area contributed by atoms with Crippen LogP contribution in [0.25, 0.3) is 0 Å². The minimum atomic E-state index is 0.257. The zero-order valence-electron chi connectivity index (χ0n) is 8.56. The van der Waals surface area contributed by atoms with Gasteiger partial charge in [-0.2, -0.15) is 0 Å². The van der Waals surface area contributed by atoms with Crippen LogP contribution < -0.4 is 0 Å². The summed E-state index contributed by atoms with van der Waals surface area (Å²) < 4.78 is 10.9. The number of hydrogen-bond donors (Lipinski definition) is 0. The molecular formula is C11H14AsNO2. The van der Waals surface area contributed by atoms with Gasteiger partial charge in [-0.25, -0.2) is 0 Å². The average Bonchev–Trinajstić information content (AvgIpc) is 2.79. The Hall–Kier alpha value is -0.372. The first-order valence-corrected chi connectivity index (χ1v) is 6.46. The van der Waals surface area contributed by atoms with Crippen LogP contribution in [0.15, 0.2) is 18.2 Å². The Kier molecular flexibility index (Phi) is 4.18. The summed E-state index contributed by atoms with van der Waals surface area (Å²) in [6.07, 6.45) is 1.26. The summed E-state index contributed by atoms with van der Waals surface area (Å²) >= 11 is 2.53. The van der Waals surface area contributed by atoms with E-state index in [1.54, 1.807) is 0 Å². The van der Waals surface area contributed by atoms with E-state index in [9.17, 15) is 0 Å². The Labute approximate surface area is 98.7 Å². The molecule has 4 heteroatoms. The normalized spacial score (nSPS) is 20.7. The molecule has 1 fully saturated rings. The van der Waals surface area contributed by atoms with Crippen LogP contribution in [0.4, 0.5) is 0 Å². The molecule has 2 rings (SSSR count). The Bertz CT molecular complexity index is 313. The van der Waals surface area contributed by atoms with Gasteiger partial charge >= 0.3 is 98.5 Å². The zero-order valence-corrected chi connectivity index (χ0v) is 10.4. The van der Waals surface area contributed by atoms with Gasteiger partial charge in [-0.05, 0) is 0 Å². The van der Waals surface area contributed by atoms with E-state index >= 15 is 0 Å². The predicted octanol–water partition coefficient (Wildman–Crippen LogP) is 1.06. The Morgan fingerprint density at radius 3 is 3.07 bits per heavy atom. The van der Waals surface area contributed by atoms with Crippen molar-refractivity contribution >= 4 is 16.9 Å². The summed E-state index contributed by atoms with van der Waals surface area (Å²) in [5, 5.41) is 0.910. The Morgan fingerprint density at radius 1 is 1.47 bits per heavy atom. The molecule has 2 heterocycles. The molecule has 1 saturated heterocycles. The second kappa shape index (κ2) is 5.64. The van der Waals surface area contributed by atoms with Crippen LogP contribution in [0.1, 0.15) is 17.8 Å². The average molecular weight is 267 g/mol. The quantitative estimate of drug-likeness (QED) is 0.764. The topological polar surface area (TPSA) is 31.4 Å². The Morgan fingerprint density at radius 2 is 2.33 bits per heavy atom. The summed E-state index contributed by atoms with van der Waals surface area (Å²) in [7, 11) is 0. The van der Waals surface area contributed by atoms with Crippen molar-refractivity contribution in [1.82, 2.24) is 4.98 Å². The fourth-order valence-corrected chi connectivity index (χ4v) is 1.91. The third-order valence-electron chi connectivity index (χ3n) is 2.38. The number of ether oxygens (including phenoxy) is 2. The Balaban J connectivity index is 1.86. The molecule has 0 spiro atoms. The summed E-state index contributed by atoms with van der Waals surface area (Å²) in [5.74, 6) is 0. The number of pyridine rings is 1. The van der Waals surface area contributed by atoms with Crippen LogP contribution in [-0.2, 0) is 21.3 Å². The van der Waals surface area contributed by atoms with Crippen LogP contribution in [0.3, 0.4) is 0 Å². The molecule has 1 atom stereocenters. The van der Waals surface area contributed by atoms with E-state index in [1.807, 2.05) is 18.2 Å². The standard InChI is InChI=1S/C11H14AsNO2/c12-6-9-2-1-3-10(13-9)7-15-11-4-5-14-8-11/h1-3,11H,4-8H2. The van der Waals surface area contributed by atoms with Gasteiger partial charge in [0.25, 0.3) is 0 Å². The molecule has 1 aromatic heterocycles. The van der Waals surface area contributed by atoms with Crippen molar-refractivity contribution in [2.75, 3.05) is 13.2 Å². The van der Waals surface area contributed by atoms with Gasteiger partial charge in [-0.15, -0.1) is 0 Å². The molecule has 2 radical (unpaired) electrons. The van der Waals surface area contributed by atoms with Gasteiger partial charge in [0, 0.05) is 0 Å². The van der Waals surface area contributed by atoms with Crippen molar-refractivity contribution in [2.24, 2.45) is 0 Å². The van der Waals surface area contributed by atoms with Crippen LogP contribution in [-0.4, -0.2) is 41.2 Å². The van der Waals surface area contributed by atoms with Gasteiger partial charge in [0.05, 0.1) is 0 Å². The van der Waals surface area contributed by atoms with Crippen molar-refractivity contribution in [3.8, 4) is 0 Å². The van der Waals surface area contributed by atoms with Crippen LogP contribution in [0, 0.1) is 0 Å². The molecule has 1 aromatic rings. The van der Waals surface area contributed by atoms with Gasteiger partial charge < -0.3 is 0 Å². The van der Waals surface area contributed by atoms with E-state index in [2.05, 4.69) is 21.8 Å². The molecule has 0 bridgehead atoms. The monoisotopic (exact) mass is 267 g/mol. The zero-order chi connectivity index (χ0) is 10.5. The third-order valence-corrected chi connectivity index (χ3v) is 3.06. The van der Waals surface area contributed by atoms with Gasteiger partial charge in [0.2, 0.25) is 0 Å². The molecule has 0 saturated carbocycles. The minimum absolute atomic E-state index is 0.257. The first kappa shape index (κ1) is 11.1. The van der Waals surface area contributed by atoms with Gasteiger partial charge in [-0.3, -0.25) is 0 Å². The third kappa shape index (κ3) is 3.30. The van der Waals surface area contributed by atoms with Crippen molar-refractivity contribution in [1.29, 1.82) is 0 Å². The fourth-order valence-electron chi connectivity index (χ4n) is 1.55. The number of nitrogens with zero attached hydrogens (tertiary/aromatic N) is 1. The van der Waals surface area contributed by atoms with Gasteiger partial charge in [-0.1, -0.05) is 0 Å². The molecule has 0 N–H and O–H groups in total. The first-order chi connectivity index (χ1) is 7.38. The van der Waals surface area contributed by atoms with Crippen LogP contribution >= 0.6 is 0 Å². The predicted molar refractivity (Wildman–Crippen MR) is 57.7 cm³/mol. The summed E-state index contributed by atoms with van der Waals surface area (Å²) in [6, 6.07) is 6.06. The number of rotatable bonds is 4. The van der Waals surface area contributed by atoms with E-state index in [0.717, 1.165) is 36.2 Å². The van der Waals surface area contributed by atoms with Crippen LogP contribution in [0.2, 0.25) is 0 Å². The number of aromatic nitrogens is 1. The summed E-state index contributed by atoms with van der Waals surface area (Å²) in [4.78, 5) is 4.47. The molecule has 3 nitrogen and oxygen atoms in total. The molecule has 1 aliphatic heterocycles. The summed E-state index contributed by atoms with van der Waals surface area (Å²) in [5.41, 5.74) is 2.10. The molecule has 15 heavy (non-hydrogen) atoms. The van der Waals surface area contributed by atoms with Crippen molar-refractivity contribution in [3.63, 3.8) is 0 Å². The van der Waals surface area contributed by atoms with E-state index in [1.165, 1.54) is 0 Å². The molecule has 0 amide bonds. The second-order valence-corrected chi connectivity index (χ2v) is 4.24. The second-order valence-electron chi connectivity index (χ2n) is 3.57. The van der Waals surface area contributed by atoms with Crippen molar-refractivity contribution in [2.45, 2.75) is 24.3 Å². The molecule has 80 valence electrons. The molecule has 0 aliphatic carbocycles. The maximum atomic E-state index is 5.70. The molecular weight excluding hydrogens is 253 g/mol. The summed E-state index contributed by atoms with van der Waals surface area (Å²) in [6.45, 7) is 2.14. The molecule has 1 unspecified atom stereocenters. The maximum absolute atomic E-state index is 5.70. The van der Waals surface area contributed by atoms with Crippen molar-refractivity contribution < 1.29 is 9.47 Å². The SMILES string of the molecule is [As]Cc1cccc(COC2CCOC2)n1. The van der Waals surface area contributed by atoms with E-state index in [4.69, 9.17) is 9.47 Å². The molecule has 0 aromatic carbocycles. The van der Waals surface area contributed by atoms with E-state index in [-0.39, 0.29) is 6.10 Å². The van der Waals surface area contributed by atoms with E-state index < -0.39 is 0 Å². The van der Waals surface area contributed by atoms with Crippen LogP contribution in [0.5, 0.6) is 0 Å². The first-order valence-electron chi connectivity index (χ1n) is 5.13. The van der Waals surface area contributed by atoms with E-state index in [0.29, 0.717) is 6.61 Å². The number of hydrogen-bond acceptors (Lipinski definition) is 3. The van der Waals surface area contributed by atoms with Gasteiger partial charge in [0.1, 0.15) is 0 Å². The molecule has 1 aliphatic rings. The van der Waals surface area contributed by atoms with Crippen molar-refractivity contribution in [3.05, 3.63) is 29.6 Å². The van der Waals surface area contributed by atoms with Gasteiger partial charge in [0.15, 0.2) is 0 Å².